The Hall–Kier alpha value is -1.39. The van der Waals surface area contributed by atoms with Gasteiger partial charge in [-0.3, -0.25) is 9.79 Å². The summed E-state index contributed by atoms with van der Waals surface area (Å²) in [5.41, 5.74) is -0.846. The van der Waals surface area contributed by atoms with Gasteiger partial charge in [0.25, 0.3) is 0 Å². The van der Waals surface area contributed by atoms with Gasteiger partial charge >= 0.3 is 11.9 Å². The Morgan fingerprint density at radius 3 is 1.96 bits per heavy atom. The Balaban J connectivity index is 3.80. The quantitative estimate of drug-likeness (QED) is 0.229. The standard InChI is InChI=1S/C21H39NO4/c1-6-7-8-9-10-11-12-13-14-15-16-26-20(24)21(3,4)17-22-18(2)19(23)25-5/h17-18H,6-16H2,1-5H3. The summed E-state index contributed by atoms with van der Waals surface area (Å²) in [6.07, 6.45) is 14.0. The Morgan fingerprint density at radius 1 is 0.962 bits per heavy atom. The van der Waals surface area contributed by atoms with E-state index in [1.54, 1.807) is 20.8 Å². The Kier molecular flexibility index (Phi) is 14.0. The smallest absolute Gasteiger partial charge is 0.330 e. The molecule has 0 amide bonds. The molecule has 0 fully saturated rings. The fraction of sp³-hybridized carbons (Fsp3) is 0.857. The first-order chi connectivity index (χ1) is 12.3. The van der Waals surface area contributed by atoms with Crippen LogP contribution >= 0.6 is 0 Å². The number of esters is 2. The average molecular weight is 370 g/mol. The number of hydrogen-bond acceptors (Lipinski definition) is 5. The van der Waals surface area contributed by atoms with E-state index >= 15 is 0 Å². The second-order valence-electron chi connectivity index (χ2n) is 7.52. The lowest BCUT2D eigenvalue weighted by atomic mass is 9.95. The van der Waals surface area contributed by atoms with Crippen LogP contribution in [0.3, 0.4) is 0 Å². The van der Waals surface area contributed by atoms with Crippen molar-refractivity contribution in [2.45, 2.75) is 97.9 Å². The van der Waals surface area contributed by atoms with Crippen LogP contribution in [0.4, 0.5) is 0 Å². The van der Waals surface area contributed by atoms with Crippen LogP contribution in [0.25, 0.3) is 0 Å². The highest BCUT2D eigenvalue weighted by atomic mass is 16.5. The monoisotopic (exact) mass is 369 g/mol. The lowest BCUT2D eigenvalue weighted by Crippen LogP contribution is -2.29. The van der Waals surface area contributed by atoms with Gasteiger partial charge in [-0.2, -0.15) is 0 Å². The van der Waals surface area contributed by atoms with Gasteiger partial charge in [-0.25, -0.2) is 4.79 Å². The van der Waals surface area contributed by atoms with Crippen LogP contribution in [0.1, 0.15) is 91.9 Å². The largest absolute Gasteiger partial charge is 0.467 e. The maximum atomic E-state index is 12.1. The molecule has 0 aromatic carbocycles. The Morgan fingerprint density at radius 2 is 1.46 bits per heavy atom. The van der Waals surface area contributed by atoms with Gasteiger partial charge in [0.2, 0.25) is 0 Å². The van der Waals surface area contributed by atoms with Crippen molar-refractivity contribution in [2.75, 3.05) is 13.7 Å². The predicted molar refractivity (Wildman–Crippen MR) is 107 cm³/mol. The number of hydrogen-bond donors (Lipinski definition) is 0. The predicted octanol–water partition coefficient (Wildman–Crippen LogP) is 5.11. The molecule has 0 aliphatic heterocycles. The van der Waals surface area contributed by atoms with Gasteiger partial charge < -0.3 is 9.47 Å². The molecular weight excluding hydrogens is 330 g/mol. The number of carbonyl (C=O) groups excluding carboxylic acids is 2. The molecule has 0 rings (SSSR count). The van der Waals surface area contributed by atoms with Crippen molar-refractivity contribution in [1.29, 1.82) is 0 Å². The number of unbranched alkanes of at least 4 members (excludes halogenated alkanes) is 9. The lowest BCUT2D eigenvalue weighted by Gasteiger charge is -2.18. The molecule has 0 aromatic heterocycles. The van der Waals surface area contributed by atoms with Crippen molar-refractivity contribution >= 4 is 18.2 Å². The molecule has 0 aliphatic carbocycles. The maximum Gasteiger partial charge on any atom is 0.330 e. The zero-order valence-electron chi connectivity index (χ0n) is 17.5. The van der Waals surface area contributed by atoms with Gasteiger partial charge in [0.15, 0.2) is 0 Å². The molecule has 0 heterocycles. The summed E-state index contributed by atoms with van der Waals surface area (Å²) >= 11 is 0. The average Bonchev–Trinajstić information content (AvgIpc) is 2.63. The van der Waals surface area contributed by atoms with Crippen molar-refractivity contribution < 1.29 is 19.1 Å². The third-order valence-electron chi connectivity index (χ3n) is 4.42. The fourth-order valence-corrected chi connectivity index (χ4v) is 2.52. The number of methoxy groups -OCH3 is 1. The minimum absolute atomic E-state index is 0.311. The fourth-order valence-electron chi connectivity index (χ4n) is 2.52. The molecule has 152 valence electrons. The zero-order chi connectivity index (χ0) is 19.8. The molecule has 0 aromatic rings. The number of ether oxygens (including phenoxy) is 2. The Bertz CT molecular complexity index is 418. The molecule has 26 heavy (non-hydrogen) atoms. The van der Waals surface area contributed by atoms with E-state index in [0.717, 1.165) is 12.8 Å². The van der Waals surface area contributed by atoms with Gasteiger partial charge in [0, 0.05) is 6.21 Å². The number of carbonyl (C=O) groups is 2. The van der Waals surface area contributed by atoms with E-state index in [1.807, 2.05) is 0 Å². The summed E-state index contributed by atoms with van der Waals surface area (Å²) in [5, 5.41) is 0. The second kappa shape index (κ2) is 14.7. The SMILES string of the molecule is CCCCCCCCCCCCOC(=O)C(C)(C)C=NC(C)C(=O)OC. The van der Waals surface area contributed by atoms with Gasteiger partial charge in [0.05, 0.1) is 19.1 Å². The third-order valence-corrected chi connectivity index (χ3v) is 4.42. The van der Waals surface area contributed by atoms with Gasteiger partial charge in [-0.05, 0) is 27.2 Å². The molecule has 5 nitrogen and oxygen atoms in total. The van der Waals surface area contributed by atoms with Crippen molar-refractivity contribution in [3.8, 4) is 0 Å². The first kappa shape index (κ1) is 24.6. The molecule has 0 N–H and O–H groups in total. The number of nitrogens with zero attached hydrogens (tertiary/aromatic N) is 1. The Labute approximate surface area is 159 Å². The molecule has 0 saturated carbocycles. The van der Waals surface area contributed by atoms with E-state index in [4.69, 9.17) is 4.74 Å². The molecule has 0 bridgehead atoms. The van der Waals surface area contributed by atoms with E-state index in [-0.39, 0.29) is 5.97 Å². The highest BCUT2D eigenvalue weighted by Crippen LogP contribution is 2.16. The van der Waals surface area contributed by atoms with Crippen LogP contribution in [0, 0.1) is 5.41 Å². The van der Waals surface area contributed by atoms with E-state index < -0.39 is 17.4 Å². The molecule has 0 spiro atoms. The minimum Gasteiger partial charge on any atom is -0.467 e. The van der Waals surface area contributed by atoms with Crippen LogP contribution in [-0.4, -0.2) is 37.9 Å². The van der Waals surface area contributed by atoms with E-state index in [2.05, 4.69) is 16.7 Å². The van der Waals surface area contributed by atoms with E-state index in [0.29, 0.717) is 6.61 Å². The highest BCUT2D eigenvalue weighted by molar-refractivity contribution is 5.94. The minimum atomic E-state index is -0.846. The highest BCUT2D eigenvalue weighted by Gasteiger charge is 2.28. The van der Waals surface area contributed by atoms with Gasteiger partial charge in [-0.1, -0.05) is 64.7 Å². The summed E-state index contributed by atoms with van der Waals surface area (Å²) < 4.78 is 9.96. The topological polar surface area (TPSA) is 65.0 Å². The first-order valence-corrected chi connectivity index (χ1v) is 10.1. The zero-order valence-corrected chi connectivity index (χ0v) is 17.5. The van der Waals surface area contributed by atoms with Gasteiger partial charge in [0.1, 0.15) is 6.04 Å². The van der Waals surface area contributed by atoms with Crippen LogP contribution in [0.15, 0.2) is 4.99 Å². The van der Waals surface area contributed by atoms with Gasteiger partial charge in [-0.15, -0.1) is 0 Å². The molecular formula is C21H39NO4. The van der Waals surface area contributed by atoms with Crippen molar-refractivity contribution in [1.82, 2.24) is 0 Å². The summed E-state index contributed by atoms with van der Waals surface area (Å²) in [5.74, 6) is -0.731. The second-order valence-corrected chi connectivity index (χ2v) is 7.52. The van der Waals surface area contributed by atoms with E-state index in [1.165, 1.54) is 64.7 Å². The van der Waals surface area contributed by atoms with Crippen molar-refractivity contribution in [3.05, 3.63) is 0 Å². The van der Waals surface area contributed by atoms with Crippen LogP contribution in [0.2, 0.25) is 0 Å². The van der Waals surface area contributed by atoms with E-state index in [9.17, 15) is 9.59 Å². The summed E-state index contributed by atoms with van der Waals surface area (Å²) in [7, 11) is 1.32. The molecule has 1 unspecified atom stereocenters. The first-order valence-electron chi connectivity index (χ1n) is 10.1. The summed E-state index contributed by atoms with van der Waals surface area (Å²) in [4.78, 5) is 27.6. The molecule has 1 atom stereocenters. The molecule has 5 heteroatoms. The number of rotatable bonds is 15. The third kappa shape index (κ3) is 12.0. The summed E-state index contributed by atoms with van der Waals surface area (Å²) in [6.45, 7) is 7.79. The molecule has 0 aliphatic rings. The van der Waals surface area contributed by atoms with Crippen LogP contribution < -0.4 is 0 Å². The van der Waals surface area contributed by atoms with Crippen molar-refractivity contribution in [2.24, 2.45) is 10.4 Å². The van der Waals surface area contributed by atoms with Crippen molar-refractivity contribution in [3.63, 3.8) is 0 Å². The normalized spacial score (nSPS) is 13.0. The van der Waals surface area contributed by atoms with Crippen LogP contribution in [0.5, 0.6) is 0 Å². The maximum absolute atomic E-state index is 12.1. The van der Waals surface area contributed by atoms with Crippen LogP contribution in [-0.2, 0) is 19.1 Å². The lowest BCUT2D eigenvalue weighted by molar-refractivity contribution is -0.150. The summed E-state index contributed by atoms with van der Waals surface area (Å²) in [6, 6.07) is -0.617. The molecule has 0 saturated heterocycles. The molecule has 0 radical (unpaired) electrons. The number of aliphatic imine (C=N–C) groups is 1.